The summed E-state index contributed by atoms with van der Waals surface area (Å²) >= 11 is 0. The molecule has 3 unspecified atom stereocenters. The second-order valence-corrected chi connectivity index (χ2v) is 5.80. The van der Waals surface area contributed by atoms with Gasteiger partial charge in [-0.05, 0) is 24.2 Å². The smallest absolute Gasteiger partial charge is 0.0456 e. The number of rotatable bonds is 10. The molecule has 0 bridgehead atoms. The molecule has 0 fully saturated rings. The summed E-state index contributed by atoms with van der Waals surface area (Å²) in [5, 5.41) is 8.96. The fourth-order valence-corrected chi connectivity index (χ4v) is 2.26. The molecule has 0 amide bonds. The fraction of sp³-hybridized carbons (Fsp3) is 1.00. The van der Waals surface area contributed by atoms with E-state index in [0.717, 1.165) is 11.8 Å². The van der Waals surface area contributed by atoms with Crippen LogP contribution < -0.4 is 0 Å². The van der Waals surface area contributed by atoms with Gasteiger partial charge in [-0.25, -0.2) is 0 Å². The van der Waals surface area contributed by atoms with Crippen molar-refractivity contribution in [1.29, 1.82) is 0 Å². The Balaban J connectivity index is 3.39. The molecule has 0 saturated heterocycles. The Hall–Kier alpha value is -0.0400. The number of hydrogen-bond acceptors (Lipinski definition) is 1. The van der Waals surface area contributed by atoms with Gasteiger partial charge in [0.15, 0.2) is 0 Å². The van der Waals surface area contributed by atoms with E-state index in [1.165, 1.54) is 44.9 Å². The summed E-state index contributed by atoms with van der Waals surface area (Å²) in [5.74, 6) is 2.23. The van der Waals surface area contributed by atoms with Crippen LogP contribution in [0.25, 0.3) is 0 Å². The van der Waals surface area contributed by atoms with Crippen LogP contribution in [-0.2, 0) is 0 Å². The molecular formula is C15H32O. The minimum atomic E-state index is 0.347. The van der Waals surface area contributed by atoms with Crippen molar-refractivity contribution in [3.8, 4) is 0 Å². The Morgan fingerprint density at radius 2 is 1.25 bits per heavy atom. The molecule has 0 aliphatic carbocycles. The Labute approximate surface area is 103 Å². The largest absolute Gasteiger partial charge is 0.396 e. The zero-order valence-corrected chi connectivity index (χ0v) is 11.8. The van der Waals surface area contributed by atoms with Gasteiger partial charge in [0.05, 0.1) is 0 Å². The maximum atomic E-state index is 8.96. The summed E-state index contributed by atoms with van der Waals surface area (Å²) in [5.41, 5.74) is 0. The number of aliphatic hydroxyl groups excluding tert-OH is 1. The van der Waals surface area contributed by atoms with Crippen molar-refractivity contribution in [1.82, 2.24) is 0 Å². The van der Waals surface area contributed by atoms with Gasteiger partial charge in [0.25, 0.3) is 0 Å². The zero-order chi connectivity index (χ0) is 12.4. The van der Waals surface area contributed by atoms with Crippen LogP contribution in [0.5, 0.6) is 0 Å². The van der Waals surface area contributed by atoms with E-state index in [2.05, 4.69) is 27.7 Å². The van der Waals surface area contributed by atoms with Gasteiger partial charge in [-0.2, -0.15) is 0 Å². The summed E-state index contributed by atoms with van der Waals surface area (Å²) in [6.45, 7) is 9.49. The van der Waals surface area contributed by atoms with Crippen LogP contribution >= 0.6 is 0 Å². The van der Waals surface area contributed by atoms with Crippen molar-refractivity contribution in [2.24, 2.45) is 17.8 Å². The van der Waals surface area contributed by atoms with E-state index in [9.17, 15) is 0 Å². The highest BCUT2D eigenvalue weighted by molar-refractivity contribution is 4.60. The minimum absolute atomic E-state index is 0.347. The lowest BCUT2D eigenvalue weighted by Gasteiger charge is -2.15. The van der Waals surface area contributed by atoms with Crippen LogP contribution in [0.2, 0.25) is 0 Å². The monoisotopic (exact) mass is 228 g/mol. The second-order valence-electron chi connectivity index (χ2n) is 5.80. The Morgan fingerprint density at radius 1 is 0.750 bits per heavy atom. The first kappa shape index (κ1) is 16.0. The lowest BCUT2D eigenvalue weighted by Crippen LogP contribution is -2.04. The molecular weight excluding hydrogens is 196 g/mol. The lowest BCUT2D eigenvalue weighted by atomic mass is 9.92. The van der Waals surface area contributed by atoms with E-state index in [4.69, 9.17) is 5.11 Å². The molecule has 0 spiro atoms. The maximum absolute atomic E-state index is 8.96. The highest BCUT2D eigenvalue weighted by atomic mass is 16.3. The highest BCUT2D eigenvalue weighted by Gasteiger charge is 2.07. The predicted molar refractivity (Wildman–Crippen MR) is 72.6 cm³/mol. The quantitative estimate of drug-likeness (QED) is 0.577. The van der Waals surface area contributed by atoms with Crippen molar-refractivity contribution < 1.29 is 5.11 Å². The summed E-state index contributed by atoms with van der Waals surface area (Å²) in [6, 6.07) is 0. The van der Waals surface area contributed by atoms with Crippen LogP contribution in [0, 0.1) is 17.8 Å². The van der Waals surface area contributed by atoms with E-state index < -0.39 is 0 Å². The highest BCUT2D eigenvalue weighted by Crippen LogP contribution is 2.20. The number of hydrogen-bond donors (Lipinski definition) is 1. The second kappa shape index (κ2) is 10.1. The zero-order valence-electron chi connectivity index (χ0n) is 11.8. The van der Waals surface area contributed by atoms with E-state index in [0.29, 0.717) is 12.5 Å². The van der Waals surface area contributed by atoms with Gasteiger partial charge in [-0.3, -0.25) is 0 Å². The van der Waals surface area contributed by atoms with Crippen LogP contribution in [0.3, 0.4) is 0 Å². The maximum Gasteiger partial charge on any atom is 0.0456 e. The minimum Gasteiger partial charge on any atom is -0.396 e. The van der Waals surface area contributed by atoms with E-state index in [1.807, 2.05) is 0 Å². The molecule has 16 heavy (non-hydrogen) atoms. The topological polar surface area (TPSA) is 20.2 Å². The van der Waals surface area contributed by atoms with Gasteiger partial charge in [-0.15, -0.1) is 0 Å². The van der Waals surface area contributed by atoms with E-state index in [-0.39, 0.29) is 0 Å². The van der Waals surface area contributed by atoms with Gasteiger partial charge in [-0.1, -0.05) is 66.2 Å². The van der Waals surface area contributed by atoms with Gasteiger partial charge in [0.1, 0.15) is 0 Å². The molecule has 0 rings (SSSR count). The summed E-state index contributed by atoms with van der Waals surface area (Å²) in [7, 11) is 0. The van der Waals surface area contributed by atoms with Crippen LogP contribution in [0.1, 0.15) is 72.6 Å². The molecule has 1 N–H and O–H groups in total. The van der Waals surface area contributed by atoms with Crippen molar-refractivity contribution >= 4 is 0 Å². The average Bonchev–Trinajstić information content (AvgIpc) is 2.26. The molecule has 1 heteroatoms. The molecule has 0 aliphatic heterocycles. The molecule has 0 saturated carbocycles. The SMILES string of the molecule is CCCC(C)CCCC(C)CCC(C)CO. The first-order valence-corrected chi connectivity index (χ1v) is 7.20. The fourth-order valence-electron chi connectivity index (χ4n) is 2.26. The molecule has 0 aliphatic rings. The molecule has 3 atom stereocenters. The third-order valence-electron chi connectivity index (χ3n) is 3.64. The molecule has 0 heterocycles. The summed E-state index contributed by atoms with van der Waals surface area (Å²) in [6.07, 6.45) is 9.32. The molecule has 1 nitrogen and oxygen atoms in total. The normalized spacial score (nSPS) is 17.1. The third kappa shape index (κ3) is 9.21. The Kier molecular flexibility index (Phi) is 10.1. The van der Waals surface area contributed by atoms with Crippen LogP contribution in [0.15, 0.2) is 0 Å². The number of aliphatic hydroxyl groups is 1. The Morgan fingerprint density at radius 3 is 1.75 bits per heavy atom. The lowest BCUT2D eigenvalue weighted by molar-refractivity contribution is 0.221. The average molecular weight is 228 g/mol. The predicted octanol–water partition coefficient (Wildman–Crippen LogP) is 4.64. The van der Waals surface area contributed by atoms with Gasteiger partial charge in [0, 0.05) is 6.61 Å². The first-order chi connectivity index (χ1) is 7.60. The molecule has 0 aromatic heterocycles. The van der Waals surface area contributed by atoms with Gasteiger partial charge < -0.3 is 5.11 Å². The van der Waals surface area contributed by atoms with Crippen molar-refractivity contribution in [3.05, 3.63) is 0 Å². The van der Waals surface area contributed by atoms with Crippen molar-refractivity contribution in [2.75, 3.05) is 6.61 Å². The molecule has 0 radical (unpaired) electrons. The third-order valence-corrected chi connectivity index (χ3v) is 3.64. The van der Waals surface area contributed by atoms with Crippen molar-refractivity contribution in [3.63, 3.8) is 0 Å². The molecule has 0 aromatic rings. The van der Waals surface area contributed by atoms with Crippen LogP contribution in [-0.4, -0.2) is 11.7 Å². The van der Waals surface area contributed by atoms with Gasteiger partial charge in [0.2, 0.25) is 0 Å². The molecule has 0 aromatic carbocycles. The van der Waals surface area contributed by atoms with E-state index in [1.54, 1.807) is 0 Å². The first-order valence-electron chi connectivity index (χ1n) is 7.20. The van der Waals surface area contributed by atoms with E-state index >= 15 is 0 Å². The standard InChI is InChI=1S/C15H32O/c1-5-7-13(2)8-6-9-14(3)10-11-15(4)12-16/h13-16H,5-12H2,1-4H3. The van der Waals surface area contributed by atoms with Crippen LogP contribution in [0.4, 0.5) is 0 Å². The molecule has 98 valence electrons. The summed E-state index contributed by atoms with van der Waals surface area (Å²) in [4.78, 5) is 0. The summed E-state index contributed by atoms with van der Waals surface area (Å²) < 4.78 is 0. The Bertz CT molecular complexity index is 144. The van der Waals surface area contributed by atoms with Crippen molar-refractivity contribution in [2.45, 2.75) is 72.6 Å². The van der Waals surface area contributed by atoms with Gasteiger partial charge >= 0.3 is 0 Å².